The van der Waals surface area contributed by atoms with Gasteiger partial charge >= 0.3 is 0 Å². The number of fused-ring (bicyclic) bond motifs is 24. The number of benzene rings is 22. The van der Waals surface area contributed by atoms with Crippen LogP contribution in [-0.4, -0.2) is 0 Å². The van der Waals surface area contributed by atoms with E-state index >= 15 is 0 Å². The summed E-state index contributed by atoms with van der Waals surface area (Å²) in [5.41, 5.74) is 23.4. The highest BCUT2D eigenvalue weighted by atomic mass is 32.1. The molecule has 2 aliphatic rings. The first-order valence-electron chi connectivity index (χ1n) is 46.7. The summed E-state index contributed by atoms with van der Waals surface area (Å²) < 4.78 is 32.1. The second kappa shape index (κ2) is 31.5. The van der Waals surface area contributed by atoms with Crippen LogP contribution in [0.25, 0.3) is 171 Å². The summed E-state index contributed by atoms with van der Waals surface area (Å²) in [5, 5.41) is 23.8. The molecule has 0 spiro atoms. The molecule has 644 valence electrons. The van der Waals surface area contributed by atoms with Crippen LogP contribution in [0.5, 0.6) is 23.0 Å². The van der Waals surface area contributed by atoms with E-state index in [1.807, 2.05) is 46.9 Å². The SMILES string of the molecule is CC(C)c1ccc2c(N(c3ccccc3)c3ccc4c(c3)oc3ccccc34)cc3c4cccc5c4c(cc3c2c1)-c1ccc(N(c2ccccc2)c2ccc3c(c2)oc2ccccc23)cc1O5.CC(C)c1ccc2c(N(c3ccccc3)c3ccc4c(c3)sc3ccccc34)cc3c4cccc5c4c(cc3c2c1)-c1ccc(N(c2ccccc2)c2ccc3c(c2)sc2ccccc23)cc1O5. The van der Waals surface area contributed by atoms with Crippen molar-refractivity contribution in [3.8, 4) is 45.3 Å². The lowest BCUT2D eigenvalue weighted by molar-refractivity contribution is 0.487. The molecule has 0 amide bonds. The maximum atomic E-state index is 7.06. The van der Waals surface area contributed by atoms with Crippen molar-refractivity contribution in [1.82, 2.24) is 0 Å². The molecule has 2 aliphatic heterocycles. The Morgan fingerprint density at radius 3 is 0.919 bits per heavy atom. The second-order valence-electron chi connectivity index (χ2n) is 36.5. The van der Waals surface area contributed by atoms with Gasteiger partial charge in [-0.2, -0.15) is 0 Å². The summed E-state index contributed by atoms with van der Waals surface area (Å²) in [6.45, 7) is 9.13. The number of rotatable bonds is 14. The fraction of sp³-hybridized carbons (Fsp3) is 0.0476. The zero-order valence-corrected chi connectivity index (χ0v) is 76.4. The summed E-state index contributed by atoms with van der Waals surface area (Å²) >= 11 is 3.71. The standard InChI is InChI=1S/C63H42N2O3.C63H42N2OS2/c1-38(2)39-24-28-45-52(32-39)53-36-55-50-31-26-43(64(40-14-5-3-6-15-40)42-25-29-48-46-18-9-11-21-57(46)66-60(48)33-42)34-62(50)68-59-23-13-20-51(63(55)59)54(53)37-56(45)65(41-16-7-4-8-17-41)44-27-30-49-47-19-10-12-22-58(47)67-61(49)35-44;1-38(2)39-24-28-45-52(32-39)53-36-55-46-29-25-42(64(40-14-5-3-6-15-40)43-26-30-49-47-18-9-11-22-59(47)67-61(49)34-43)33-58(46)66-57-21-13-20-51(63(55)57)54(53)37-56(45)65(41-16-7-4-8-17-41)44-27-31-50-48-19-10-12-23-60(48)68-62(50)35-44/h2*3-38H,1-2H3. The minimum absolute atomic E-state index is 0.344. The van der Waals surface area contributed by atoms with Gasteiger partial charge in [0.2, 0.25) is 0 Å². The number of anilines is 12. The molecule has 0 saturated heterocycles. The molecule has 0 radical (unpaired) electrons. The van der Waals surface area contributed by atoms with Crippen LogP contribution >= 0.6 is 22.7 Å². The normalized spacial score (nSPS) is 12.2. The van der Waals surface area contributed by atoms with Crippen molar-refractivity contribution >= 4 is 240 Å². The summed E-state index contributed by atoms with van der Waals surface area (Å²) in [4.78, 5) is 9.47. The van der Waals surface area contributed by atoms with Crippen molar-refractivity contribution in [2.75, 3.05) is 19.6 Å². The van der Waals surface area contributed by atoms with E-state index < -0.39 is 0 Å². The molecule has 0 bridgehead atoms. The van der Waals surface area contributed by atoms with E-state index in [2.05, 4.69) is 448 Å². The van der Waals surface area contributed by atoms with E-state index in [1.165, 1.54) is 106 Å². The van der Waals surface area contributed by atoms with Crippen molar-refractivity contribution < 1.29 is 18.3 Å². The van der Waals surface area contributed by atoms with Crippen molar-refractivity contribution in [2.24, 2.45) is 0 Å². The van der Waals surface area contributed by atoms with Gasteiger partial charge in [-0.3, -0.25) is 0 Å². The lowest BCUT2D eigenvalue weighted by Gasteiger charge is -2.29. The van der Waals surface area contributed by atoms with E-state index in [9.17, 15) is 0 Å². The van der Waals surface area contributed by atoms with Gasteiger partial charge < -0.3 is 37.9 Å². The Balaban J connectivity index is 0.000000138. The second-order valence-corrected chi connectivity index (χ2v) is 38.6. The molecular weight excluding hydrogens is 1700 g/mol. The molecule has 136 heavy (non-hydrogen) atoms. The minimum Gasteiger partial charge on any atom is -0.456 e. The average molecular weight is 1780 g/mol. The molecular formula is C126H84N4O4S2. The van der Waals surface area contributed by atoms with Gasteiger partial charge in [-0.25, -0.2) is 0 Å². The molecule has 0 fully saturated rings. The smallest absolute Gasteiger partial charge is 0.137 e. The average Bonchev–Trinajstić information content (AvgIpc) is 0.716. The highest BCUT2D eigenvalue weighted by molar-refractivity contribution is 7.26. The van der Waals surface area contributed by atoms with Crippen LogP contribution < -0.4 is 29.1 Å². The van der Waals surface area contributed by atoms with Crippen molar-refractivity contribution in [3.63, 3.8) is 0 Å². The number of hydrogen-bond donors (Lipinski definition) is 0. The van der Waals surface area contributed by atoms with Gasteiger partial charge in [0.25, 0.3) is 0 Å². The summed E-state index contributed by atoms with van der Waals surface area (Å²) in [7, 11) is 0. The van der Waals surface area contributed by atoms with E-state index in [0.717, 1.165) is 168 Å². The molecule has 0 atom stereocenters. The Kier molecular flexibility index (Phi) is 18.3. The summed E-state index contributed by atoms with van der Waals surface area (Å²) in [6.07, 6.45) is 0. The van der Waals surface area contributed by atoms with Crippen LogP contribution in [0.4, 0.5) is 68.2 Å². The van der Waals surface area contributed by atoms with E-state index in [4.69, 9.17) is 18.3 Å². The maximum absolute atomic E-state index is 7.06. The first-order chi connectivity index (χ1) is 67.0. The third-order valence-corrected chi connectivity index (χ3v) is 30.2. The van der Waals surface area contributed by atoms with Crippen molar-refractivity contribution in [2.45, 2.75) is 39.5 Å². The van der Waals surface area contributed by atoms with Gasteiger partial charge in [-0.1, -0.05) is 246 Å². The van der Waals surface area contributed by atoms with E-state index in [0.29, 0.717) is 11.8 Å². The largest absolute Gasteiger partial charge is 0.456 e. The third-order valence-electron chi connectivity index (χ3n) is 27.9. The zero-order valence-electron chi connectivity index (χ0n) is 74.8. The number of ether oxygens (including phenoxy) is 2. The van der Waals surface area contributed by atoms with Crippen LogP contribution in [0.3, 0.4) is 0 Å². The molecule has 0 saturated carbocycles. The van der Waals surface area contributed by atoms with Gasteiger partial charge in [0.05, 0.1) is 11.4 Å². The van der Waals surface area contributed by atoms with Crippen LogP contribution in [0.2, 0.25) is 0 Å². The molecule has 0 aliphatic carbocycles. The predicted molar refractivity (Wildman–Crippen MR) is 576 cm³/mol. The number of hydrogen-bond acceptors (Lipinski definition) is 10. The van der Waals surface area contributed by atoms with Crippen LogP contribution in [0.1, 0.15) is 50.7 Å². The molecule has 4 aromatic heterocycles. The molecule has 0 N–H and O–H groups in total. The molecule has 26 aromatic rings. The Hall–Kier alpha value is -16.8. The molecule has 28 rings (SSSR count). The van der Waals surface area contributed by atoms with Gasteiger partial charge in [0, 0.05) is 176 Å². The van der Waals surface area contributed by atoms with Crippen LogP contribution in [0.15, 0.2) is 433 Å². The maximum Gasteiger partial charge on any atom is 0.137 e. The Labute approximate surface area is 792 Å². The van der Waals surface area contributed by atoms with Crippen molar-refractivity contribution in [1.29, 1.82) is 0 Å². The van der Waals surface area contributed by atoms with E-state index in [1.54, 1.807) is 0 Å². The first kappa shape index (κ1) is 79.0. The van der Waals surface area contributed by atoms with E-state index in [-0.39, 0.29) is 0 Å². The molecule has 6 heterocycles. The van der Waals surface area contributed by atoms with Gasteiger partial charge in [-0.05, 0) is 259 Å². The fourth-order valence-electron chi connectivity index (χ4n) is 21.5. The first-order valence-corrected chi connectivity index (χ1v) is 48.3. The third kappa shape index (κ3) is 12.8. The highest BCUT2D eigenvalue weighted by Crippen LogP contribution is 2.58. The fourth-order valence-corrected chi connectivity index (χ4v) is 23.7. The summed E-state index contributed by atoms with van der Waals surface area (Å²) in [5.74, 6) is 4.08. The molecule has 10 heteroatoms. The Morgan fingerprint density at radius 2 is 0.493 bits per heavy atom. The topological polar surface area (TPSA) is 57.7 Å². The predicted octanol–water partition coefficient (Wildman–Crippen LogP) is 38.5. The van der Waals surface area contributed by atoms with Crippen molar-refractivity contribution in [3.05, 3.63) is 436 Å². The Morgan fingerprint density at radius 1 is 0.184 bits per heavy atom. The number of thiophene rings is 2. The lowest BCUT2D eigenvalue weighted by Crippen LogP contribution is -2.11. The van der Waals surface area contributed by atoms with Gasteiger partial charge in [0.1, 0.15) is 45.3 Å². The lowest BCUT2D eigenvalue weighted by atomic mass is 9.87. The molecule has 0 unspecified atom stereocenters. The summed E-state index contributed by atoms with van der Waals surface area (Å²) in [6, 6.07) is 154. The van der Waals surface area contributed by atoms with Crippen LogP contribution in [-0.2, 0) is 0 Å². The molecule has 8 nitrogen and oxygen atoms in total. The highest BCUT2D eigenvalue weighted by Gasteiger charge is 2.32. The number of para-hydroxylation sites is 6. The minimum atomic E-state index is 0.344. The monoisotopic (exact) mass is 1780 g/mol. The Bertz CT molecular complexity index is 8880. The van der Waals surface area contributed by atoms with Gasteiger partial charge in [-0.15, -0.1) is 22.7 Å². The van der Waals surface area contributed by atoms with Crippen LogP contribution in [0, 0.1) is 0 Å². The number of furan rings is 2. The molecule has 22 aromatic carbocycles. The quantitative estimate of drug-likeness (QED) is 0.0999. The number of nitrogens with zero attached hydrogens (tertiary/aromatic N) is 4. The van der Waals surface area contributed by atoms with Gasteiger partial charge in [0.15, 0.2) is 0 Å². The zero-order chi connectivity index (χ0) is 90.1.